The van der Waals surface area contributed by atoms with E-state index in [-0.39, 0.29) is 17.2 Å². The molecule has 0 spiro atoms. The van der Waals surface area contributed by atoms with E-state index in [0.29, 0.717) is 24.2 Å². The average molecular weight is 272 g/mol. The van der Waals surface area contributed by atoms with Gasteiger partial charge >= 0.3 is 0 Å². The van der Waals surface area contributed by atoms with Gasteiger partial charge in [0.1, 0.15) is 5.02 Å². The van der Waals surface area contributed by atoms with E-state index in [0.717, 1.165) is 12.8 Å². The summed E-state index contributed by atoms with van der Waals surface area (Å²) in [6.07, 6.45) is 5.88. The first-order valence-electron chi connectivity index (χ1n) is 6.30. The van der Waals surface area contributed by atoms with Gasteiger partial charge in [-0.2, -0.15) is 0 Å². The minimum atomic E-state index is -0.337. The first kappa shape index (κ1) is 13.4. The summed E-state index contributed by atoms with van der Waals surface area (Å²) in [6, 6.07) is 0. The maximum atomic E-state index is 11.3. The maximum Gasteiger partial charge on any atom is 0.271 e. The predicted octanol–water partition coefficient (Wildman–Crippen LogP) is 1.63. The van der Waals surface area contributed by atoms with E-state index in [1.807, 2.05) is 0 Å². The summed E-state index contributed by atoms with van der Waals surface area (Å²) in [7, 11) is 0. The van der Waals surface area contributed by atoms with Crippen molar-refractivity contribution in [2.24, 2.45) is 11.8 Å². The molecule has 100 valence electrons. The predicted molar refractivity (Wildman–Crippen MR) is 70.9 cm³/mol. The fourth-order valence-electron chi connectivity index (χ4n) is 2.53. The Kier molecular flexibility index (Phi) is 4.60. The molecule has 3 N–H and O–H groups in total. The largest absolute Gasteiger partial charge is 0.396 e. The van der Waals surface area contributed by atoms with Crippen molar-refractivity contribution in [2.45, 2.75) is 25.7 Å². The number of nitrogens with one attached hydrogen (secondary N) is 2. The van der Waals surface area contributed by atoms with Crippen LogP contribution in [0.15, 0.2) is 11.1 Å². The Labute approximate surface area is 111 Å². The summed E-state index contributed by atoms with van der Waals surface area (Å²) in [4.78, 5) is 17.7. The average Bonchev–Trinajstić information content (AvgIpc) is 2.41. The standard InChI is InChI=1S/C12H18ClN3O2/c13-10-11(15-7-16-12(10)18)14-5-8-3-1-2-4-9(8)6-17/h7-9,17H,1-6H2,(H2,14,15,16,18). The van der Waals surface area contributed by atoms with Gasteiger partial charge in [-0.3, -0.25) is 4.79 Å². The Morgan fingerprint density at radius 2 is 2.17 bits per heavy atom. The minimum Gasteiger partial charge on any atom is -0.396 e. The third kappa shape index (κ3) is 3.03. The first-order chi connectivity index (χ1) is 8.72. The van der Waals surface area contributed by atoms with Crippen LogP contribution in [0.3, 0.4) is 0 Å². The van der Waals surface area contributed by atoms with Gasteiger partial charge in [0.2, 0.25) is 0 Å². The molecule has 0 aromatic carbocycles. The zero-order chi connectivity index (χ0) is 13.0. The number of aliphatic hydroxyl groups is 1. The second-order valence-corrected chi connectivity index (χ2v) is 5.14. The molecule has 18 heavy (non-hydrogen) atoms. The van der Waals surface area contributed by atoms with Crippen LogP contribution in [0.4, 0.5) is 5.82 Å². The van der Waals surface area contributed by atoms with Gasteiger partial charge in [-0.25, -0.2) is 4.98 Å². The normalized spacial score (nSPS) is 23.9. The summed E-state index contributed by atoms with van der Waals surface area (Å²) in [5.41, 5.74) is -0.337. The number of nitrogens with zero attached hydrogens (tertiary/aromatic N) is 1. The van der Waals surface area contributed by atoms with Crippen LogP contribution >= 0.6 is 11.6 Å². The van der Waals surface area contributed by atoms with Crippen molar-refractivity contribution in [3.63, 3.8) is 0 Å². The smallest absolute Gasteiger partial charge is 0.271 e. The van der Waals surface area contributed by atoms with Crippen molar-refractivity contribution in [2.75, 3.05) is 18.5 Å². The molecule has 1 fully saturated rings. The van der Waals surface area contributed by atoms with Crippen LogP contribution in [0.2, 0.25) is 5.02 Å². The molecule has 1 saturated carbocycles. The fourth-order valence-corrected chi connectivity index (χ4v) is 2.70. The number of anilines is 1. The minimum absolute atomic E-state index is 0.0915. The molecule has 1 aliphatic rings. The van der Waals surface area contributed by atoms with Gasteiger partial charge in [-0.15, -0.1) is 0 Å². The number of hydrogen-bond acceptors (Lipinski definition) is 4. The summed E-state index contributed by atoms with van der Waals surface area (Å²) < 4.78 is 0. The summed E-state index contributed by atoms with van der Waals surface area (Å²) >= 11 is 5.86. The number of H-pyrrole nitrogens is 1. The molecular weight excluding hydrogens is 254 g/mol. The first-order valence-corrected chi connectivity index (χ1v) is 6.68. The monoisotopic (exact) mass is 271 g/mol. The van der Waals surface area contributed by atoms with Crippen LogP contribution in [-0.4, -0.2) is 28.2 Å². The van der Waals surface area contributed by atoms with Crippen LogP contribution in [0.25, 0.3) is 0 Å². The van der Waals surface area contributed by atoms with Crippen LogP contribution in [0, 0.1) is 11.8 Å². The number of aromatic amines is 1. The number of aliphatic hydroxyl groups excluding tert-OH is 1. The highest BCUT2D eigenvalue weighted by atomic mass is 35.5. The van der Waals surface area contributed by atoms with Crippen molar-refractivity contribution in [1.82, 2.24) is 9.97 Å². The SMILES string of the molecule is O=c1[nH]cnc(NCC2CCCCC2CO)c1Cl. The molecule has 0 radical (unpaired) electrons. The van der Waals surface area contributed by atoms with E-state index >= 15 is 0 Å². The number of aromatic nitrogens is 2. The van der Waals surface area contributed by atoms with Crippen molar-refractivity contribution in [1.29, 1.82) is 0 Å². The third-order valence-corrected chi connectivity index (χ3v) is 3.98. The van der Waals surface area contributed by atoms with Crippen LogP contribution in [0.5, 0.6) is 0 Å². The van der Waals surface area contributed by atoms with Crippen molar-refractivity contribution in [3.05, 3.63) is 21.7 Å². The second kappa shape index (κ2) is 6.20. The molecule has 0 amide bonds. The Morgan fingerprint density at radius 3 is 2.89 bits per heavy atom. The van der Waals surface area contributed by atoms with Gasteiger partial charge in [0.25, 0.3) is 5.56 Å². The quantitative estimate of drug-likeness (QED) is 0.778. The lowest BCUT2D eigenvalue weighted by Crippen LogP contribution is -2.29. The zero-order valence-corrected chi connectivity index (χ0v) is 10.9. The van der Waals surface area contributed by atoms with Crippen LogP contribution < -0.4 is 10.9 Å². The van der Waals surface area contributed by atoms with Gasteiger partial charge in [0.05, 0.1) is 6.33 Å². The van der Waals surface area contributed by atoms with E-state index in [9.17, 15) is 9.90 Å². The summed E-state index contributed by atoms with van der Waals surface area (Å²) in [6.45, 7) is 0.921. The summed E-state index contributed by atoms with van der Waals surface area (Å²) in [5, 5.41) is 12.5. The Balaban J connectivity index is 1.98. The van der Waals surface area contributed by atoms with Gasteiger partial charge in [0, 0.05) is 13.2 Å². The molecule has 2 rings (SSSR count). The van der Waals surface area contributed by atoms with E-state index in [4.69, 9.17) is 11.6 Å². The molecular formula is C12H18ClN3O2. The lowest BCUT2D eigenvalue weighted by molar-refractivity contribution is 0.141. The molecule has 1 aromatic rings. The molecule has 0 saturated heterocycles. The molecule has 2 unspecified atom stereocenters. The number of rotatable bonds is 4. The Bertz CT molecular complexity index is 449. The van der Waals surface area contributed by atoms with E-state index in [1.54, 1.807) is 0 Å². The molecule has 5 nitrogen and oxygen atoms in total. The van der Waals surface area contributed by atoms with Crippen LogP contribution in [0.1, 0.15) is 25.7 Å². The van der Waals surface area contributed by atoms with Crippen molar-refractivity contribution >= 4 is 17.4 Å². The number of hydrogen-bond donors (Lipinski definition) is 3. The molecule has 2 atom stereocenters. The Morgan fingerprint density at radius 1 is 1.44 bits per heavy atom. The lowest BCUT2D eigenvalue weighted by atomic mass is 9.79. The van der Waals surface area contributed by atoms with Gasteiger partial charge in [0.15, 0.2) is 5.82 Å². The van der Waals surface area contributed by atoms with E-state index < -0.39 is 0 Å². The van der Waals surface area contributed by atoms with Gasteiger partial charge in [-0.1, -0.05) is 24.4 Å². The van der Waals surface area contributed by atoms with E-state index in [2.05, 4.69) is 15.3 Å². The third-order valence-electron chi connectivity index (χ3n) is 3.63. The molecule has 1 aromatic heterocycles. The topological polar surface area (TPSA) is 78.0 Å². The Hall–Kier alpha value is -1.07. The highest BCUT2D eigenvalue weighted by molar-refractivity contribution is 6.32. The summed E-state index contributed by atoms with van der Waals surface area (Å²) in [5.74, 6) is 1.18. The molecule has 1 heterocycles. The molecule has 0 bridgehead atoms. The highest BCUT2D eigenvalue weighted by Crippen LogP contribution is 2.30. The van der Waals surface area contributed by atoms with Gasteiger partial charge < -0.3 is 15.4 Å². The highest BCUT2D eigenvalue weighted by Gasteiger charge is 2.24. The molecule has 0 aliphatic heterocycles. The maximum absolute atomic E-state index is 11.3. The second-order valence-electron chi connectivity index (χ2n) is 4.76. The van der Waals surface area contributed by atoms with Crippen molar-refractivity contribution < 1.29 is 5.11 Å². The zero-order valence-electron chi connectivity index (χ0n) is 10.2. The lowest BCUT2D eigenvalue weighted by Gasteiger charge is -2.30. The van der Waals surface area contributed by atoms with Crippen LogP contribution in [-0.2, 0) is 0 Å². The number of halogens is 1. The van der Waals surface area contributed by atoms with Gasteiger partial charge in [-0.05, 0) is 24.7 Å². The fraction of sp³-hybridized carbons (Fsp3) is 0.667. The van der Waals surface area contributed by atoms with Crippen molar-refractivity contribution in [3.8, 4) is 0 Å². The molecule has 1 aliphatic carbocycles. The molecule has 6 heteroatoms. The van der Waals surface area contributed by atoms with E-state index in [1.165, 1.54) is 19.2 Å².